The largest absolute Gasteiger partial charge is 0.372 e. The van der Waals surface area contributed by atoms with Crippen LogP contribution in [0.15, 0.2) is 15.9 Å². The van der Waals surface area contributed by atoms with Crippen LogP contribution in [0.5, 0.6) is 0 Å². The van der Waals surface area contributed by atoms with Gasteiger partial charge in [-0.3, -0.25) is 0 Å². The van der Waals surface area contributed by atoms with E-state index in [4.69, 9.17) is 4.74 Å². The third-order valence-electron chi connectivity index (χ3n) is 2.74. The van der Waals surface area contributed by atoms with Crippen molar-refractivity contribution < 1.29 is 4.74 Å². The number of hydrogen-bond donors (Lipinski definition) is 1. The normalized spacial score (nSPS) is 26.0. The second kappa shape index (κ2) is 5.43. The standard InChI is InChI=1S/C11H16BrNOS/c1-2-13-6-8-3-4-14-11(8)10-5-9(12)7-15-10/h5,7-8,11,13H,2-4,6H2,1H3. The molecule has 1 aromatic rings. The van der Waals surface area contributed by atoms with Crippen LogP contribution in [0.4, 0.5) is 0 Å². The Balaban J connectivity index is 2.01. The summed E-state index contributed by atoms with van der Waals surface area (Å²) in [5, 5.41) is 5.54. The van der Waals surface area contributed by atoms with Gasteiger partial charge < -0.3 is 10.1 Å². The number of ether oxygens (including phenoxy) is 1. The van der Waals surface area contributed by atoms with E-state index in [1.54, 1.807) is 11.3 Å². The monoisotopic (exact) mass is 289 g/mol. The second-order valence-electron chi connectivity index (χ2n) is 3.82. The van der Waals surface area contributed by atoms with E-state index >= 15 is 0 Å². The van der Waals surface area contributed by atoms with Crippen molar-refractivity contribution >= 4 is 27.3 Å². The van der Waals surface area contributed by atoms with E-state index in [1.807, 2.05) is 0 Å². The van der Waals surface area contributed by atoms with Crippen LogP contribution in [0.25, 0.3) is 0 Å². The zero-order chi connectivity index (χ0) is 10.7. The van der Waals surface area contributed by atoms with Gasteiger partial charge in [-0.05, 0) is 35.0 Å². The van der Waals surface area contributed by atoms with Crippen molar-refractivity contribution in [1.82, 2.24) is 5.32 Å². The van der Waals surface area contributed by atoms with E-state index < -0.39 is 0 Å². The molecule has 2 heterocycles. The maximum atomic E-state index is 5.81. The number of rotatable bonds is 4. The number of thiophene rings is 1. The van der Waals surface area contributed by atoms with Crippen LogP contribution in [0.3, 0.4) is 0 Å². The first-order chi connectivity index (χ1) is 7.31. The number of halogens is 1. The molecule has 0 saturated carbocycles. The lowest BCUT2D eigenvalue weighted by Crippen LogP contribution is -2.24. The van der Waals surface area contributed by atoms with Gasteiger partial charge in [-0.15, -0.1) is 11.3 Å². The van der Waals surface area contributed by atoms with Crippen molar-refractivity contribution in [3.05, 3.63) is 20.8 Å². The van der Waals surface area contributed by atoms with Crippen LogP contribution in [0.2, 0.25) is 0 Å². The fraction of sp³-hybridized carbons (Fsp3) is 0.636. The van der Waals surface area contributed by atoms with Gasteiger partial charge in [0.2, 0.25) is 0 Å². The van der Waals surface area contributed by atoms with Crippen LogP contribution >= 0.6 is 27.3 Å². The molecule has 2 atom stereocenters. The summed E-state index contributed by atoms with van der Waals surface area (Å²) in [4.78, 5) is 1.35. The Kier molecular flexibility index (Phi) is 4.20. The van der Waals surface area contributed by atoms with Crippen molar-refractivity contribution in [3.63, 3.8) is 0 Å². The molecule has 1 saturated heterocycles. The lowest BCUT2D eigenvalue weighted by molar-refractivity contribution is 0.0935. The Morgan fingerprint density at radius 1 is 1.67 bits per heavy atom. The molecule has 84 valence electrons. The lowest BCUT2D eigenvalue weighted by atomic mass is 10.0. The lowest BCUT2D eigenvalue weighted by Gasteiger charge is -2.17. The van der Waals surface area contributed by atoms with Crippen molar-refractivity contribution in [2.24, 2.45) is 5.92 Å². The van der Waals surface area contributed by atoms with Gasteiger partial charge in [-0.2, -0.15) is 0 Å². The molecule has 0 amide bonds. The molecule has 1 aliphatic heterocycles. The SMILES string of the molecule is CCNCC1CCOC1c1cc(Br)cs1. The van der Waals surface area contributed by atoms with E-state index in [0.717, 1.165) is 19.7 Å². The summed E-state index contributed by atoms with van der Waals surface area (Å²) < 4.78 is 6.98. The summed E-state index contributed by atoms with van der Waals surface area (Å²) in [6.45, 7) is 5.15. The minimum absolute atomic E-state index is 0.306. The molecule has 0 bridgehead atoms. The average molecular weight is 290 g/mol. The molecule has 1 aromatic heterocycles. The van der Waals surface area contributed by atoms with E-state index in [-0.39, 0.29) is 0 Å². The van der Waals surface area contributed by atoms with Gasteiger partial charge in [0.15, 0.2) is 0 Å². The van der Waals surface area contributed by atoms with Crippen molar-refractivity contribution in [2.75, 3.05) is 19.7 Å². The van der Waals surface area contributed by atoms with Gasteiger partial charge >= 0.3 is 0 Å². The third-order valence-corrected chi connectivity index (χ3v) is 4.49. The van der Waals surface area contributed by atoms with Crippen molar-refractivity contribution in [2.45, 2.75) is 19.4 Å². The summed E-state index contributed by atoms with van der Waals surface area (Å²) in [5.74, 6) is 0.635. The van der Waals surface area contributed by atoms with Crippen molar-refractivity contribution in [1.29, 1.82) is 0 Å². The van der Waals surface area contributed by atoms with E-state index in [9.17, 15) is 0 Å². The summed E-state index contributed by atoms with van der Waals surface area (Å²) >= 11 is 5.28. The molecule has 1 aliphatic rings. The highest BCUT2D eigenvalue weighted by molar-refractivity contribution is 9.10. The topological polar surface area (TPSA) is 21.3 Å². The van der Waals surface area contributed by atoms with E-state index in [0.29, 0.717) is 12.0 Å². The molecule has 0 aromatic carbocycles. The van der Waals surface area contributed by atoms with E-state index in [1.165, 1.54) is 15.8 Å². The maximum Gasteiger partial charge on any atom is 0.0958 e. The van der Waals surface area contributed by atoms with Gasteiger partial charge in [0.25, 0.3) is 0 Å². The van der Waals surface area contributed by atoms with Gasteiger partial charge in [0.05, 0.1) is 6.10 Å². The molecule has 1 fully saturated rings. The van der Waals surface area contributed by atoms with Crippen LogP contribution < -0.4 is 5.32 Å². The minimum atomic E-state index is 0.306. The molecular formula is C11H16BrNOS. The molecule has 0 spiro atoms. The van der Waals surface area contributed by atoms with Gasteiger partial charge in [-0.25, -0.2) is 0 Å². The Hall–Kier alpha value is 0.1000. The quantitative estimate of drug-likeness (QED) is 0.919. The molecule has 0 aliphatic carbocycles. The number of nitrogens with one attached hydrogen (secondary N) is 1. The average Bonchev–Trinajstić information content (AvgIpc) is 2.82. The Bertz CT molecular complexity index is 315. The minimum Gasteiger partial charge on any atom is -0.372 e. The van der Waals surface area contributed by atoms with Crippen LogP contribution in [0.1, 0.15) is 24.3 Å². The summed E-state index contributed by atoms with van der Waals surface area (Å²) in [6.07, 6.45) is 1.48. The number of hydrogen-bond acceptors (Lipinski definition) is 3. The Labute approximate surface area is 103 Å². The van der Waals surface area contributed by atoms with Crippen molar-refractivity contribution in [3.8, 4) is 0 Å². The first-order valence-corrected chi connectivity index (χ1v) is 7.04. The molecule has 4 heteroatoms. The highest BCUT2D eigenvalue weighted by atomic mass is 79.9. The molecule has 2 unspecified atom stereocenters. The fourth-order valence-electron chi connectivity index (χ4n) is 1.96. The van der Waals surface area contributed by atoms with Gasteiger partial charge in [0.1, 0.15) is 0 Å². The molecule has 2 nitrogen and oxygen atoms in total. The van der Waals surface area contributed by atoms with Gasteiger partial charge in [-0.1, -0.05) is 6.92 Å². The van der Waals surface area contributed by atoms with Crippen LogP contribution in [-0.4, -0.2) is 19.7 Å². The highest BCUT2D eigenvalue weighted by Crippen LogP contribution is 2.38. The second-order valence-corrected chi connectivity index (χ2v) is 5.67. The zero-order valence-corrected chi connectivity index (χ0v) is 11.2. The summed E-state index contributed by atoms with van der Waals surface area (Å²) in [7, 11) is 0. The van der Waals surface area contributed by atoms with Gasteiger partial charge in [0, 0.05) is 33.8 Å². The smallest absolute Gasteiger partial charge is 0.0958 e. The molecule has 2 rings (SSSR count). The maximum absolute atomic E-state index is 5.81. The predicted molar refractivity (Wildman–Crippen MR) is 67.4 cm³/mol. The molecule has 1 N–H and O–H groups in total. The first kappa shape index (κ1) is 11.6. The molecule has 15 heavy (non-hydrogen) atoms. The van der Waals surface area contributed by atoms with E-state index in [2.05, 4.69) is 39.6 Å². The predicted octanol–water partition coefficient (Wildman–Crippen LogP) is 3.20. The Morgan fingerprint density at radius 3 is 3.20 bits per heavy atom. The fourth-order valence-corrected chi connectivity index (χ4v) is 3.55. The summed E-state index contributed by atoms with van der Waals surface area (Å²) in [5.41, 5.74) is 0. The van der Waals surface area contributed by atoms with Crippen LogP contribution in [0, 0.1) is 5.92 Å². The first-order valence-electron chi connectivity index (χ1n) is 5.37. The molecular weight excluding hydrogens is 274 g/mol. The van der Waals surface area contributed by atoms with Crippen LogP contribution in [-0.2, 0) is 4.74 Å². The highest BCUT2D eigenvalue weighted by Gasteiger charge is 2.30. The summed E-state index contributed by atoms with van der Waals surface area (Å²) in [6, 6.07) is 2.18. The zero-order valence-electron chi connectivity index (χ0n) is 8.83. The Morgan fingerprint density at radius 2 is 2.53 bits per heavy atom. The third kappa shape index (κ3) is 2.81. The molecule has 0 radical (unpaired) electrons.